The fourth-order valence-electron chi connectivity index (χ4n) is 2.38. The Labute approximate surface area is 135 Å². The van der Waals surface area contributed by atoms with E-state index in [2.05, 4.69) is 10.1 Å². The van der Waals surface area contributed by atoms with Crippen molar-refractivity contribution in [2.75, 3.05) is 6.61 Å². The van der Waals surface area contributed by atoms with Crippen LogP contribution in [-0.4, -0.2) is 36.1 Å². The minimum atomic E-state index is -4.81. The highest BCUT2D eigenvalue weighted by atomic mass is 19.4. The van der Waals surface area contributed by atoms with Gasteiger partial charge in [-0.15, -0.1) is 13.2 Å². The van der Waals surface area contributed by atoms with Gasteiger partial charge in [-0.25, -0.2) is 0 Å². The molecule has 6 nitrogen and oxygen atoms in total. The molecule has 0 aliphatic carbocycles. The number of rotatable bonds is 6. The van der Waals surface area contributed by atoms with Gasteiger partial charge >= 0.3 is 12.3 Å². The van der Waals surface area contributed by atoms with Crippen molar-refractivity contribution in [3.63, 3.8) is 0 Å². The van der Waals surface area contributed by atoms with Gasteiger partial charge < -0.3 is 19.9 Å². The van der Waals surface area contributed by atoms with Gasteiger partial charge in [0, 0.05) is 6.61 Å². The summed E-state index contributed by atoms with van der Waals surface area (Å²) in [5.74, 6) is -2.01. The number of hydrogen-bond donors (Lipinski definition) is 2. The SMILES string of the molecule is O=C(O)C[C@@H](NC(=O)[C@@H]1CCCO1)c1ccc(OC(F)(F)F)cc1. The number of hydrogen-bond acceptors (Lipinski definition) is 4. The molecule has 1 heterocycles. The van der Waals surface area contributed by atoms with E-state index in [1.165, 1.54) is 12.1 Å². The molecule has 1 aliphatic rings. The van der Waals surface area contributed by atoms with E-state index in [1.807, 2.05) is 0 Å². The molecule has 2 N–H and O–H groups in total. The van der Waals surface area contributed by atoms with Crippen molar-refractivity contribution >= 4 is 11.9 Å². The zero-order valence-corrected chi connectivity index (χ0v) is 12.5. The predicted molar refractivity (Wildman–Crippen MR) is 75.2 cm³/mol. The van der Waals surface area contributed by atoms with Gasteiger partial charge in [-0.05, 0) is 30.5 Å². The Morgan fingerprint density at radius 2 is 2.00 bits per heavy atom. The molecule has 132 valence electrons. The summed E-state index contributed by atoms with van der Waals surface area (Å²) in [7, 11) is 0. The number of alkyl halides is 3. The van der Waals surface area contributed by atoms with Gasteiger partial charge in [-0.1, -0.05) is 12.1 Å². The second-order valence-corrected chi connectivity index (χ2v) is 5.28. The molecule has 24 heavy (non-hydrogen) atoms. The first-order valence-corrected chi connectivity index (χ1v) is 7.24. The third-order valence-electron chi connectivity index (χ3n) is 3.43. The molecule has 0 spiro atoms. The van der Waals surface area contributed by atoms with Gasteiger partial charge in [0.2, 0.25) is 5.91 Å². The minimum Gasteiger partial charge on any atom is -0.481 e. The first kappa shape index (κ1) is 18.1. The Hall–Kier alpha value is -2.29. The monoisotopic (exact) mass is 347 g/mol. The molecule has 1 saturated heterocycles. The number of benzene rings is 1. The molecular formula is C15H16F3NO5. The molecule has 1 fully saturated rings. The Bertz CT molecular complexity index is 582. The highest BCUT2D eigenvalue weighted by Crippen LogP contribution is 2.26. The molecule has 0 aromatic heterocycles. The van der Waals surface area contributed by atoms with Crippen LogP contribution in [0.1, 0.15) is 30.9 Å². The molecule has 0 unspecified atom stereocenters. The number of amides is 1. The second-order valence-electron chi connectivity index (χ2n) is 5.28. The van der Waals surface area contributed by atoms with Crippen LogP contribution in [0.4, 0.5) is 13.2 Å². The highest BCUT2D eigenvalue weighted by Gasteiger charge is 2.31. The van der Waals surface area contributed by atoms with Crippen molar-refractivity contribution in [1.29, 1.82) is 0 Å². The van der Waals surface area contributed by atoms with Crippen LogP contribution in [0.25, 0.3) is 0 Å². The van der Waals surface area contributed by atoms with E-state index in [0.29, 0.717) is 18.6 Å². The molecule has 0 bridgehead atoms. The maximum Gasteiger partial charge on any atom is 0.573 e. The van der Waals surface area contributed by atoms with Crippen molar-refractivity contribution in [3.05, 3.63) is 29.8 Å². The molecular weight excluding hydrogens is 331 g/mol. The van der Waals surface area contributed by atoms with Gasteiger partial charge in [0.05, 0.1) is 12.5 Å². The lowest BCUT2D eigenvalue weighted by atomic mass is 10.0. The van der Waals surface area contributed by atoms with Crippen molar-refractivity contribution in [1.82, 2.24) is 5.32 Å². The summed E-state index contributed by atoms with van der Waals surface area (Å²) < 4.78 is 45.4. The number of nitrogens with one attached hydrogen (secondary N) is 1. The normalized spacial score (nSPS) is 18.9. The molecule has 2 rings (SSSR count). The fourth-order valence-corrected chi connectivity index (χ4v) is 2.38. The van der Waals surface area contributed by atoms with E-state index in [-0.39, 0.29) is 0 Å². The van der Waals surface area contributed by atoms with Gasteiger partial charge in [0.1, 0.15) is 11.9 Å². The van der Waals surface area contributed by atoms with Crippen molar-refractivity contribution < 1.29 is 37.3 Å². The van der Waals surface area contributed by atoms with Gasteiger partial charge in [0.15, 0.2) is 0 Å². The lowest BCUT2D eigenvalue weighted by Gasteiger charge is -2.20. The van der Waals surface area contributed by atoms with E-state index >= 15 is 0 Å². The van der Waals surface area contributed by atoms with Gasteiger partial charge in [0.25, 0.3) is 0 Å². The number of aliphatic carboxylic acids is 1. The Morgan fingerprint density at radius 1 is 1.33 bits per heavy atom. The number of ether oxygens (including phenoxy) is 2. The van der Waals surface area contributed by atoms with Crippen LogP contribution < -0.4 is 10.1 Å². The zero-order chi connectivity index (χ0) is 17.7. The van der Waals surface area contributed by atoms with Crippen LogP contribution in [0, 0.1) is 0 Å². The first-order chi connectivity index (χ1) is 11.2. The van der Waals surface area contributed by atoms with E-state index in [4.69, 9.17) is 9.84 Å². The summed E-state index contributed by atoms with van der Waals surface area (Å²) in [4.78, 5) is 23.0. The third-order valence-corrected chi connectivity index (χ3v) is 3.43. The molecule has 2 atom stereocenters. The molecule has 1 aliphatic heterocycles. The summed E-state index contributed by atoms with van der Waals surface area (Å²) in [5.41, 5.74) is 0.360. The smallest absolute Gasteiger partial charge is 0.481 e. The number of halogens is 3. The molecule has 1 aromatic carbocycles. The summed E-state index contributed by atoms with van der Waals surface area (Å²) in [6.45, 7) is 0.463. The highest BCUT2D eigenvalue weighted by molar-refractivity contribution is 5.82. The van der Waals surface area contributed by atoms with E-state index in [1.54, 1.807) is 0 Å². The summed E-state index contributed by atoms with van der Waals surface area (Å²) >= 11 is 0. The van der Waals surface area contributed by atoms with Gasteiger partial charge in [-0.2, -0.15) is 0 Å². The average molecular weight is 347 g/mol. The zero-order valence-electron chi connectivity index (χ0n) is 12.5. The summed E-state index contributed by atoms with van der Waals surface area (Å²) in [6.07, 6.45) is -4.56. The van der Waals surface area contributed by atoms with Crippen molar-refractivity contribution in [2.45, 2.75) is 37.8 Å². The number of carbonyl (C=O) groups is 2. The van der Waals surface area contributed by atoms with Crippen LogP contribution in [0.3, 0.4) is 0 Å². The van der Waals surface area contributed by atoms with Crippen molar-refractivity contribution in [3.8, 4) is 5.75 Å². The third kappa shape index (κ3) is 5.41. The lowest BCUT2D eigenvalue weighted by Crippen LogP contribution is -2.37. The second kappa shape index (κ2) is 7.52. The molecule has 0 radical (unpaired) electrons. The number of carbonyl (C=O) groups excluding carboxylic acids is 1. The maximum absolute atomic E-state index is 12.1. The Balaban J connectivity index is 2.08. The molecule has 1 amide bonds. The van der Waals surface area contributed by atoms with E-state index in [9.17, 15) is 22.8 Å². The van der Waals surface area contributed by atoms with Crippen molar-refractivity contribution in [2.24, 2.45) is 0 Å². The molecule has 0 saturated carbocycles. The number of carboxylic acid groups (broad SMARTS) is 1. The standard InChI is InChI=1S/C15H16F3NO5/c16-15(17,18)24-10-5-3-9(4-6-10)11(8-13(20)21)19-14(22)12-2-1-7-23-12/h3-6,11-12H,1-2,7-8H2,(H,19,22)(H,20,21)/t11-,12+/m1/s1. The summed E-state index contributed by atoms with van der Waals surface area (Å²) in [5, 5.41) is 11.5. The topological polar surface area (TPSA) is 84.9 Å². The molecule has 1 aromatic rings. The Morgan fingerprint density at radius 3 is 2.50 bits per heavy atom. The fraction of sp³-hybridized carbons (Fsp3) is 0.467. The largest absolute Gasteiger partial charge is 0.573 e. The maximum atomic E-state index is 12.1. The van der Waals surface area contributed by atoms with Crippen LogP contribution in [0.15, 0.2) is 24.3 Å². The van der Waals surface area contributed by atoms with Crippen LogP contribution in [-0.2, 0) is 14.3 Å². The first-order valence-electron chi connectivity index (χ1n) is 7.24. The van der Waals surface area contributed by atoms with E-state index < -0.39 is 42.6 Å². The van der Waals surface area contributed by atoms with Crippen LogP contribution in [0.2, 0.25) is 0 Å². The predicted octanol–water partition coefficient (Wildman–Crippen LogP) is 2.40. The average Bonchev–Trinajstić information content (AvgIpc) is 2.99. The minimum absolute atomic E-state index is 0.360. The lowest BCUT2D eigenvalue weighted by molar-refractivity contribution is -0.274. The quantitative estimate of drug-likeness (QED) is 0.825. The number of carboxylic acids is 1. The summed E-state index contributed by atoms with van der Waals surface area (Å²) in [6, 6.07) is 3.82. The van der Waals surface area contributed by atoms with Gasteiger partial charge in [-0.3, -0.25) is 9.59 Å². The Kier molecular flexibility index (Phi) is 5.66. The van der Waals surface area contributed by atoms with Crippen LogP contribution in [0.5, 0.6) is 5.75 Å². The molecule has 9 heteroatoms. The van der Waals surface area contributed by atoms with E-state index in [0.717, 1.165) is 18.6 Å². The van der Waals surface area contributed by atoms with Crippen LogP contribution >= 0.6 is 0 Å².